The molecule has 1 aliphatic heterocycles. The van der Waals surface area contributed by atoms with Crippen molar-refractivity contribution in [3.05, 3.63) is 65.0 Å². The highest BCUT2D eigenvalue weighted by molar-refractivity contribution is 5.96. The minimum Gasteiger partial charge on any atom is -0.338 e. The zero-order valence-electron chi connectivity index (χ0n) is 13.9. The third-order valence-electron chi connectivity index (χ3n) is 4.61. The van der Waals surface area contributed by atoms with E-state index in [4.69, 9.17) is 0 Å². The molecule has 2 aromatic rings. The summed E-state index contributed by atoms with van der Waals surface area (Å²) in [4.78, 5) is 15.0. The maximum Gasteiger partial charge on any atom is 0.257 e. The predicted molar refractivity (Wildman–Crippen MR) is 91.7 cm³/mol. The maximum absolute atomic E-state index is 13.0. The highest BCUT2D eigenvalue weighted by atomic mass is 16.2. The van der Waals surface area contributed by atoms with E-state index < -0.39 is 0 Å². The molecule has 4 heteroatoms. The molecule has 23 heavy (non-hydrogen) atoms. The Balaban J connectivity index is 1.83. The van der Waals surface area contributed by atoms with Gasteiger partial charge in [0.05, 0.1) is 17.8 Å². The van der Waals surface area contributed by atoms with Gasteiger partial charge in [0.25, 0.3) is 5.91 Å². The Morgan fingerprint density at radius 1 is 1.22 bits per heavy atom. The second kappa shape index (κ2) is 6.41. The summed E-state index contributed by atoms with van der Waals surface area (Å²) in [7, 11) is 0. The molecule has 0 spiro atoms. The van der Waals surface area contributed by atoms with Gasteiger partial charge in [-0.2, -0.15) is 5.10 Å². The molecule has 1 aromatic carbocycles. The second-order valence-corrected chi connectivity index (χ2v) is 6.08. The van der Waals surface area contributed by atoms with Gasteiger partial charge in [0.1, 0.15) is 0 Å². The van der Waals surface area contributed by atoms with Gasteiger partial charge in [-0.15, -0.1) is 6.58 Å². The van der Waals surface area contributed by atoms with Gasteiger partial charge in [0.15, 0.2) is 0 Å². The van der Waals surface area contributed by atoms with E-state index in [0.717, 1.165) is 42.9 Å². The van der Waals surface area contributed by atoms with Crippen LogP contribution in [0.5, 0.6) is 0 Å². The number of fused-ring (bicyclic) bond motifs is 1. The molecule has 120 valence electrons. The number of benzene rings is 1. The van der Waals surface area contributed by atoms with Gasteiger partial charge in [0.2, 0.25) is 0 Å². The normalized spacial score (nSPS) is 14.3. The van der Waals surface area contributed by atoms with Crippen LogP contribution < -0.4 is 0 Å². The molecular formula is C19H23N3O. The molecule has 0 radical (unpaired) electrons. The first-order chi connectivity index (χ1) is 11.1. The highest BCUT2D eigenvalue weighted by Crippen LogP contribution is 2.20. The van der Waals surface area contributed by atoms with Crippen molar-refractivity contribution in [2.45, 2.75) is 33.2 Å². The zero-order chi connectivity index (χ0) is 16.4. The summed E-state index contributed by atoms with van der Waals surface area (Å²) >= 11 is 0. The van der Waals surface area contributed by atoms with Gasteiger partial charge >= 0.3 is 0 Å². The van der Waals surface area contributed by atoms with E-state index >= 15 is 0 Å². The lowest BCUT2D eigenvalue weighted by Gasteiger charge is -2.20. The minimum absolute atomic E-state index is 0.100. The van der Waals surface area contributed by atoms with Crippen LogP contribution in [0.15, 0.2) is 36.9 Å². The fourth-order valence-corrected chi connectivity index (χ4v) is 3.34. The van der Waals surface area contributed by atoms with E-state index in [1.807, 2.05) is 23.4 Å². The van der Waals surface area contributed by atoms with Crippen molar-refractivity contribution in [2.24, 2.45) is 0 Å². The van der Waals surface area contributed by atoms with E-state index in [1.165, 1.54) is 11.1 Å². The van der Waals surface area contributed by atoms with Crippen molar-refractivity contribution in [3.63, 3.8) is 0 Å². The molecule has 1 amide bonds. The number of amides is 1. The van der Waals surface area contributed by atoms with Gasteiger partial charge in [0, 0.05) is 18.8 Å². The minimum atomic E-state index is 0.100. The Morgan fingerprint density at radius 2 is 1.83 bits per heavy atom. The number of carbonyl (C=O) groups is 1. The number of carbonyl (C=O) groups excluding carboxylic acids is 1. The molecule has 1 aliphatic rings. The average molecular weight is 309 g/mol. The Labute approximate surface area is 137 Å². The quantitative estimate of drug-likeness (QED) is 0.818. The van der Waals surface area contributed by atoms with Crippen LogP contribution in [0.3, 0.4) is 0 Å². The Kier molecular flexibility index (Phi) is 4.33. The van der Waals surface area contributed by atoms with Gasteiger partial charge < -0.3 is 4.90 Å². The maximum atomic E-state index is 13.0. The van der Waals surface area contributed by atoms with E-state index in [9.17, 15) is 4.79 Å². The monoisotopic (exact) mass is 309 g/mol. The molecule has 0 atom stereocenters. The lowest BCUT2D eigenvalue weighted by molar-refractivity contribution is 0.0761. The van der Waals surface area contributed by atoms with Gasteiger partial charge in [-0.05, 0) is 37.8 Å². The third kappa shape index (κ3) is 2.93. The molecule has 0 saturated carbocycles. The number of rotatable bonds is 3. The van der Waals surface area contributed by atoms with Gasteiger partial charge in [-0.3, -0.25) is 9.48 Å². The van der Waals surface area contributed by atoms with Crippen LogP contribution in [0.4, 0.5) is 0 Å². The first-order valence-electron chi connectivity index (χ1n) is 8.12. The van der Waals surface area contributed by atoms with E-state index in [1.54, 1.807) is 6.08 Å². The first-order valence-corrected chi connectivity index (χ1v) is 8.12. The number of hydrogen-bond acceptors (Lipinski definition) is 2. The third-order valence-corrected chi connectivity index (χ3v) is 4.61. The number of aromatic nitrogens is 2. The Morgan fingerprint density at radius 3 is 2.39 bits per heavy atom. The summed E-state index contributed by atoms with van der Waals surface area (Å²) in [5.74, 6) is 0.100. The van der Waals surface area contributed by atoms with Gasteiger partial charge in [-0.25, -0.2) is 0 Å². The standard InChI is InChI=1S/C19H23N3O/c1-4-11-22-15(3)18(14(2)20-22)19(23)21-12-9-16-7-5-6-8-17(16)10-13-21/h4-8H,1,9-13H2,2-3H3. The molecule has 3 rings (SSSR count). The molecule has 0 bridgehead atoms. The average Bonchev–Trinajstić information content (AvgIpc) is 2.73. The zero-order valence-corrected chi connectivity index (χ0v) is 13.9. The van der Waals surface area contributed by atoms with Crippen molar-refractivity contribution in [3.8, 4) is 0 Å². The summed E-state index contributed by atoms with van der Waals surface area (Å²) in [6.07, 6.45) is 3.64. The number of nitrogens with zero attached hydrogens (tertiary/aromatic N) is 3. The van der Waals surface area contributed by atoms with Crippen molar-refractivity contribution < 1.29 is 4.79 Å². The van der Waals surface area contributed by atoms with Crippen molar-refractivity contribution in [1.29, 1.82) is 0 Å². The Bertz CT molecular complexity index is 718. The van der Waals surface area contributed by atoms with Crippen LogP contribution in [0, 0.1) is 13.8 Å². The van der Waals surface area contributed by atoms with Crippen LogP contribution in [0.1, 0.15) is 32.9 Å². The van der Waals surface area contributed by atoms with Crippen molar-refractivity contribution in [1.82, 2.24) is 14.7 Å². The molecule has 0 fully saturated rings. The fourth-order valence-electron chi connectivity index (χ4n) is 3.34. The van der Waals surface area contributed by atoms with E-state index in [2.05, 4.69) is 35.9 Å². The predicted octanol–water partition coefficient (Wildman–Crippen LogP) is 2.93. The van der Waals surface area contributed by atoms with Crippen LogP contribution in [0.25, 0.3) is 0 Å². The summed E-state index contributed by atoms with van der Waals surface area (Å²) in [6, 6.07) is 8.48. The largest absolute Gasteiger partial charge is 0.338 e. The van der Waals surface area contributed by atoms with Crippen LogP contribution in [-0.4, -0.2) is 33.7 Å². The first kappa shape index (κ1) is 15.5. The van der Waals surface area contributed by atoms with Crippen molar-refractivity contribution in [2.75, 3.05) is 13.1 Å². The molecular weight excluding hydrogens is 286 g/mol. The summed E-state index contributed by atoms with van der Waals surface area (Å²) < 4.78 is 1.85. The summed E-state index contributed by atoms with van der Waals surface area (Å²) in [5, 5.41) is 4.48. The summed E-state index contributed by atoms with van der Waals surface area (Å²) in [6.45, 7) is 9.78. The van der Waals surface area contributed by atoms with Gasteiger partial charge in [-0.1, -0.05) is 30.3 Å². The number of hydrogen-bond donors (Lipinski definition) is 0. The lowest BCUT2D eigenvalue weighted by atomic mass is 10.0. The van der Waals surface area contributed by atoms with Crippen LogP contribution in [-0.2, 0) is 19.4 Å². The molecule has 0 saturated heterocycles. The molecule has 4 nitrogen and oxygen atoms in total. The van der Waals surface area contributed by atoms with Crippen molar-refractivity contribution >= 4 is 5.91 Å². The molecule has 1 aromatic heterocycles. The Hall–Kier alpha value is -2.36. The van der Waals surface area contributed by atoms with E-state index in [-0.39, 0.29) is 5.91 Å². The number of aryl methyl sites for hydroxylation is 1. The fraction of sp³-hybridized carbons (Fsp3) is 0.368. The smallest absolute Gasteiger partial charge is 0.257 e. The molecule has 0 aliphatic carbocycles. The van der Waals surface area contributed by atoms with Crippen LogP contribution >= 0.6 is 0 Å². The molecule has 2 heterocycles. The highest BCUT2D eigenvalue weighted by Gasteiger charge is 2.25. The summed E-state index contributed by atoms with van der Waals surface area (Å²) in [5.41, 5.74) is 5.19. The molecule has 0 unspecified atom stereocenters. The molecule has 0 N–H and O–H groups in total. The number of allylic oxidation sites excluding steroid dienone is 1. The van der Waals surface area contributed by atoms with E-state index in [0.29, 0.717) is 6.54 Å². The topological polar surface area (TPSA) is 38.1 Å². The van der Waals surface area contributed by atoms with Crippen LogP contribution in [0.2, 0.25) is 0 Å². The second-order valence-electron chi connectivity index (χ2n) is 6.08. The SMILES string of the molecule is C=CCn1nc(C)c(C(=O)N2CCc3ccccc3CC2)c1C. The lowest BCUT2D eigenvalue weighted by Crippen LogP contribution is -2.34.